The SMILES string of the molecule is CCc1ccccc1CNCc1cc(C(=O)O)cs1. The lowest BCUT2D eigenvalue weighted by atomic mass is 10.1. The van der Waals surface area contributed by atoms with E-state index in [2.05, 4.69) is 30.4 Å². The number of benzene rings is 1. The first kappa shape index (κ1) is 13.8. The minimum atomic E-state index is -0.862. The fourth-order valence-electron chi connectivity index (χ4n) is 1.98. The van der Waals surface area contributed by atoms with Gasteiger partial charge in [0.25, 0.3) is 0 Å². The summed E-state index contributed by atoms with van der Waals surface area (Å²) in [4.78, 5) is 11.8. The Balaban J connectivity index is 1.90. The third-order valence-electron chi connectivity index (χ3n) is 3.01. The van der Waals surface area contributed by atoms with Gasteiger partial charge in [0.1, 0.15) is 0 Å². The third kappa shape index (κ3) is 3.66. The van der Waals surface area contributed by atoms with Crippen LogP contribution in [0.2, 0.25) is 0 Å². The molecule has 1 heterocycles. The van der Waals surface area contributed by atoms with Crippen molar-refractivity contribution in [1.82, 2.24) is 5.32 Å². The van der Waals surface area contributed by atoms with Gasteiger partial charge in [0.05, 0.1) is 5.56 Å². The Labute approximate surface area is 116 Å². The monoisotopic (exact) mass is 275 g/mol. The highest BCUT2D eigenvalue weighted by Crippen LogP contribution is 2.15. The van der Waals surface area contributed by atoms with Crippen LogP contribution in [0.15, 0.2) is 35.7 Å². The largest absolute Gasteiger partial charge is 0.478 e. The average molecular weight is 275 g/mol. The van der Waals surface area contributed by atoms with Gasteiger partial charge in [0.2, 0.25) is 0 Å². The number of rotatable bonds is 6. The summed E-state index contributed by atoms with van der Waals surface area (Å²) in [6.45, 7) is 3.66. The molecular formula is C15H17NO2S. The molecule has 0 fully saturated rings. The summed E-state index contributed by atoms with van der Waals surface area (Å²) in [5.74, 6) is -0.862. The van der Waals surface area contributed by atoms with E-state index in [0.717, 1.165) is 17.8 Å². The van der Waals surface area contributed by atoms with Crippen molar-refractivity contribution in [1.29, 1.82) is 0 Å². The summed E-state index contributed by atoms with van der Waals surface area (Å²) in [5, 5.41) is 13.9. The molecule has 0 amide bonds. The summed E-state index contributed by atoms with van der Waals surface area (Å²) in [6, 6.07) is 10.1. The van der Waals surface area contributed by atoms with E-state index in [1.165, 1.54) is 22.5 Å². The zero-order valence-corrected chi connectivity index (χ0v) is 11.7. The second kappa shape index (κ2) is 6.50. The topological polar surface area (TPSA) is 49.3 Å². The molecule has 0 saturated heterocycles. The lowest BCUT2D eigenvalue weighted by Gasteiger charge is -2.08. The van der Waals surface area contributed by atoms with E-state index in [-0.39, 0.29) is 0 Å². The normalized spacial score (nSPS) is 10.6. The number of aromatic carboxylic acids is 1. The molecule has 19 heavy (non-hydrogen) atoms. The van der Waals surface area contributed by atoms with E-state index >= 15 is 0 Å². The molecule has 0 aliphatic carbocycles. The average Bonchev–Trinajstić information content (AvgIpc) is 2.88. The Morgan fingerprint density at radius 2 is 2.00 bits per heavy atom. The standard InChI is InChI=1S/C15H17NO2S/c1-2-11-5-3-4-6-12(11)8-16-9-14-7-13(10-19-14)15(17)18/h3-7,10,16H,2,8-9H2,1H3,(H,17,18). The number of carboxylic acids is 1. The van der Waals surface area contributed by atoms with Gasteiger partial charge in [-0.3, -0.25) is 0 Å². The smallest absolute Gasteiger partial charge is 0.336 e. The Kier molecular flexibility index (Phi) is 4.71. The number of carbonyl (C=O) groups is 1. The van der Waals surface area contributed by atoms with Crippen molar-refractivity contribution < 1.29 is 9.90 Å². The Morgan fingerprint density at radius 1 is 1.26 bits per heavy atom. The van der Waals surface area contributed by atoms with Gasteiger partial charge in [-0.15, -0.1) is 11.3 Å². The number of aryl methyl sites for hydroxylation is 1. The summed E-state index contributed by atoms with van der Waals surface area (Å²) in [6.07, 6.45) is 1.03. The Bertz CT molecular complexity index is 563. The number of nitrogens with one attached hydrogen (secondary N) is 1. The second-order valence-corrected chi connectivity index (χ2v) is 5.33. The minimum absolute atomic E-state index is 0.371. The van der Waals surface area contributed by atoms with E-state index in [1.54, 1.807) is 11.4 Å². The molecule has 0 aliphatic rings. The molecule has 0 aliphatic heterocycles. The zero-order chi connectivity index (χ0) is 13.7. The summed E-state index contributed by atoms with van der Waals surface area (Å²) in [7, 11) is 0. The number of carboxylic acid groups (broad SMARTS) is 1. The van der Waals surface area contributed by atoms with Crippen LogP contribution in [0.25, 0.3) is 0 Å². The van der Waals surface area contributed by atoms with Crippen molar-refractivity contribution in [3.05, 3.63) is 57.3 Å². The maximum Gasteiger partial charge on any atom is 0.336 e. The number of hydrogen-bond acceptors (Lipinski definition) is 3. The van der Waals surface area contributed by atoms with E-state index < -0.39 is 5.97 Å². The molecule has 2 rings (SSSR count). The lowest BCUT2D eigenvalue weighted by molar-refractivity contribution is 0.0697. The van der Waals surface area contributed by atoms with E-state index in [9.17, 15) is 4.79 Å². The molecule has 0 atom stereocenters. The molecular weight excluding hydrogens is 258 g/mol. The first-order chi connectivity index (χ1) is 9.20. The van der Waals surface area contributed by atoms with Crippen molar-refractivity contribution in [2.24, 2.45) is 0 Å². The van der Waals surface area contributed by atoms with Gasteiger partial charge < -0.3 is 10.4 Å². The number of hydrogen-bond donors (Lipinski definition) is 2. The van der Waals surface area contributed by atoms with E-state index in [1.807, 2.05) is 6.07 Å². The van der Waals surface area contributed by atoms with E-state index in [4.69, 9.17) is 5.11 Å². The van der Waals surface area contributed by atoms with Gasteiger partial charge in [-0.2, -0.15) is 0 Å². The van der Waals surface area contributed by atoms with Crippen LogP contribution in [0.3, 0.4) is 0 Å². The highest BCUT2D eigenvalue weighted by Gasteiger charge is 2.06. The first-order valence-corrected chi connectivity index (χ1v) is 7.17. The summed E-state index contributed by atoms with van der Waals surface area (Å²) < 4.78 is 0. The van der Waals surface area contributed by atoms with Gasteiger partial charge in [-0.1, -0.05) is 31.2 Å². The van der Waals surface area contributed by atoms with Gasteiger partial charge in [-0.05, 0) is 23.6 Å². The van der Waals surface area contributed by atoms with Gasteiger partial charge in [0, 0.05) is 23.3 Å². The van der Waals surface area contributed by atoms with Crippen LogP contribution in [-0.4, -0.2) is 11.1 Å². The van der Waals surface area contributed by atoms with Crippen molar-refractivity contribution in [2.45, 2.75) is 26.4 Å². The molecule has 3 nitrogen and oxygen atoms in total. The molecule has 1 aromatic heterocycles. The summed E-state index contributed by atoms with van der Waals surface area (Å²) >= 11 is 1.48. The maximum absolute atomic E-state index is 10.8. The third-order valence-corrected chi connectivity index (χ3v) is 3.95. The van der Waals surface area contributed by atoms with Crippen molar-refractivity contribution in [3.63, 3.8) is 0 Å². The fraction of sp³-hybridized carbons (Fsp3) is 0.267. The van der Waals surface area contributed by atoms with Crippen LogP contribution in [0.5, 0.6) is 0 Å². The van der Waals surface area contributed by atoms with Crippen molar-refractivity contribution in [2.75, 3.05) is 0 Å². The van der Waals surface area contributed by atoms with Crippen LogP contribution < -0.4 is 5.32 Å². The van der Waals surface area contributed by atoms with Gasteiger partial charge in [-0.25, -0.2) is 4.79 Å². The van der Waals surface area contributed by atoms with Crippen LogP contribution in [0, 0.1) is 0 Å². The molecule has 4 heteroatoms. The molecule has 1 aromatic carbocycles. The quantitative estimate of drug-likeness (QED) is 0.850. The molecule has 2 N–H and O–H groups in total. The lowest BCUT2D eigenvalue weighted by Crippen LogP contribution is -2.13. The Morgan fingerprint density at radius 3 is 2.63 bits per heavy atom. The molecule has 0 bridgehead atoms. The van der Waals surface area contributed by atoms with Gasteiger partial charge >= 0.3 is 5.97 Å². The molecule has 2 aromatic rings. The predicted octanol–water partition coefficient (Wildman–Crippen LogP) is 3.30. The fourth-order valence-corrected chi connectivity index (χ4v) is 2.81. The van der Waals surface area contributed by atoms with Crippen LogP contribution in [-0.2, 0) is 19.5 Å². The first-order valence-electron chi connectivity index (χ1n) is 6.29. The molecule has 0 unspecified atom stereocenters. The van der Waals surface area contributed by atoms with Crippen LogP contribution in [0.4, 0.5) is 0 Å². The molecule has 0 saturated carbocycles. The summed E-state index contributed by atoms with van der Waals surface area (Å²) in [5.41, 5.74) is 3.03. The molecule has 100 valence electrons. The second-order valence-electron chi connectivity index (χ2n) is 4.33. The van der Waals surface area contributed by atoms with Crippen LogP contribution >= 0.6 is 11.3 Å². The highest BCUT2D eigenvalue weighted by atomic mass is 32.1. The van der Waals surface area contributed by atoms with Crippen molar-refractivity contribution >= 4 is 17.3 Å². The minimum Gasteiger partial charge on any atom is -0.478 e. The van der Waals surface area contributed by atoms with Crippen molar-refractivity contribution in [3.8, 4) is 0 Å². The van der Waals surface area contributed by atoms with Crippen LogP contribution in [0.1, 0.15) is 33.3 Å². The molecule has 0 spiro atoms. The van der Waals surface area contributed by atoms with E-state index in [0.29, 0.717) is 12.1 Å². The predicted molar refractivity (Wildman–Crippen MR) is 77.6 cm³/mol. The zero-order valence-electron chi connectivity index (χ0n) is 10.8. The molecule has 0 radical (unpaired) electrons. The van der Waals surface area contributed by atoms with Gasteiger partial charge in [0.15, 0.2) is 0 Å². The number of thiophene rings is 1. The Hall–Kier alpha value is -1.65. The highest BCUT2D eigenvalue weighted by molar-refractivity contribution is 7.10. The maximum atomic E-state index is 10.8.